The van der Waals surface area contributed by atoms with Crippen LogP contribution in [0.15, 0.2) is 18.5 Å². The first-order valence-electron chi connectivity index (χ1n) is 6.04. The number of hydrogen-bond donors (Lipinski definition) is 2. The third-order valence-corrected chi connectivity index (χ3v) is 3.72. The molecule has 2 aromatic rings. The van der Waals surface area contributed by atoms with Gasteiger partial charge in [0.15, 0.2) is 10.8 Å². The summed E-state index contributed by atoms with van der Waals surface area (Å²) in [7, 11) is 0. The molecule has 0 saturated heterocycles. The minimum Gasteiger partial charge on any atom is -0.345 e. The zero-order valence-corrected chi connectivity index (χ0v) is 13.2. The van der Waals surface area contributed by atoms with Crippen molar-refractivity contribution in [1.82, 2.24) is 20.3 Å². The van der Waals surface area contributed by atoms with Crippen LogP contribution in [0.1, 0.15) is 15.4 Å². The van der Waals surface area contributed by atoms with E-state index in [0.29, 0.717) is 16.5 Å². The normalized spacial score (nSPS) is 10.9. The Morgan fingerprint density at radius 1 is 1.41 bits per heavy atom. The highest BCUT2D eigenvalue weighted by molar-refractivity contribution is 7.17. The minimum atomic E-state index is -3.13. The van der Waals surface area contributed by atoms with E-state index in [9.17, 15) is 13.6 Å². The largest absolute Gasteiger partial charge is 0.345 e. The highest BCUT2D eigenvalue weighted by Gasteiger charge is 2.28. The van der Waals surface area contributed by atoms with Crippen molar-refractivity contribution in [1.29, 1.82) is 0 Å². The number of carbonyl (C=O) groups is 1. The van der Waals surface area contributed by atoms with Crippen molar-refractivity contribution < 1.29 is 13.6 Å². The zero-order valence-electron chi connectivity index (χ0n) is 11.5. The molecule has 0 atom stereocenters. The number of rotatable bonds is 5. The van der Waals surface area contributed by atoms with E-state index in [1.807, 2.05) is 0 Å². The van der Waals surface area contributed by atoms with Gasteiger partial charge in [-0.25, -0.2) is 23.7 Å². The molecule has 0 bridgehead atoms. The molecule has 0 radical (unpaired) electrons. The van der Waals surface area contributed by atoms with E-state index >= 15 is 0 Å². The lowest BCUT2D eigenvalue weighted by Crippen LogP contribution is -2.41. The van der Waals surface area contributed by atoms with E-state index in [-0.39, 0.29) is 17.3 Å². The molecule has 2 aromatic heterocycles. The molecule has 6 nitrogen and oxygen atoms in total. The molecule has 0 fully saturated rings. The van der Waals surface area contributed by atoms with Gasteiger partial charge in [-0.15, -0.1) is 23.7 Å². The Balaban J connectivity index is 0.00000242. The highest BCUT2D eigenvalue weighted by atomic mass is 35.5. The van der Waals surface area contributed by atoms with Gasteiger partial charge < -0.3 is 11.1 Å². The molecule has 0 saturated carbocycles. The molecule has 10 heteroatoms. The van der Waals surface area contributed by atoms with Crippen molar-refractivity contribution in [2.45, 2.75) is 12.8 Å². The second-order valence-corrected chi connectivity index (χ2v) is 5.25. The van der Waals surface area contributed by atoms with Gasteiger partial charge in [-0.05, 0) is 13.0 Å². The second kappa shape index (κ2) is 7.52. The first-order valence-corrected chi connectivity index (χ1v) is 6.85. The number of hydrogen-bond acceptors (Lipinski definition) is 6. The van der Waals surface area contributed by atoms with Crippen LogP contribution < -0.4 is 11.1 Å². The van der Waals surface area contributed by atoms with Crippen LogP contribution in [-0.4, -0.2) is 39.9 Å². The van der Waals surface area contributed by atoms with Crippen LogP contribution in [0, 0.1) is 6.92 Å². The highest BCUT2D eigenvalue weighted by Crippen LogP contribution is 2.25. The Morgan fingerprint density at radius 3 is 2.64 bits per heavy atom. The van der Waals surface area contributed by atoms with Crippen molar-refractivity contribution >= 4 is 29.7 Å². The summed E-state index contributed by atoms with van der Waals surface area (Å²) in [6, 6.07) is 1.66. The van der Waals surface area contributed by atoms with Crippen molar-refractivity contribution in [3.05, 3.63) is 29.0 Å². The first-order chi connectivity index (χ1) is 9.93. The SMILES string of the molecule is Cc1nc(-c2ncccn2)sc1C(=O)NCC(F)(F)CN.Cl. The number of nitrogens with zero attached hydrogens (tertiary/aromatic N) is 3. The van der Waals surface area contributed by atoms with Gasteiger partial charge >= 0.3 is 0 Å². The van der Waals surface area contributed by atoms with Crippen molar-refractivity contribution in [2.75, 3.05) is 13.1 Å². The fourth-order valence-corrected chi connectivity index (χ4v) is 2.41. The maximum atomic E-state index is 13.0. The maximum absolute atomic E-state index is 13.0. The lowest BCUT2D eigenvalue weighted by atomic mass is 10.3. The fourth-order valence-electron chi connectivity index (χ4n) is 1.47. The number of carbonyl (C=O) groups excluding carboxylic acids is 1. The summed E-state index contributed by atoms with van der Waals surface area (Å²) in [6.07, 6.45) is 3.11. The van der Waals surface area contributed by atoms with Crippen LogP contribution in [0.3, 0.4) is 0 Å². The molecule has 0 aliphatic carbocycles. The summed E-state index contributed by atoms with van der Waals surface area (Å²) in [5.74, 6) is -3.35. The quantitative estimate of drug-likeness (QED) is 0.856. The minimum absolute atomic E-state index is 0. The van der Waals surface area contributed by atoms with Crippen LogP contribution in [0.2, 0.25) is 0 Å². The van der Waals surface area contributed by atoms with Crippen molar-refractivity contribution in [3.8, 4) is 10.8 Å². The van der Waals surface area contributed by atoms with Crippen LogP contribution in [0.25, 0.3) is 10.8 Å². The van der Waals surface area contributed by atoms with Gasteiger partial charge in [-0.3, -0.25) is 4.79 Å². The average molecular weight is 350 g/mol. The molecular formula is C12H14ClF2N5OS. The summed E-state index contributed by atoms with van der Waals surface area (Å²) in [5, 5.41) is 2.62. The van der Waals surface area contributed by atoms with Gasteiger partial charge in [0.25, 0.3) is 11.8 Å². The molecule has 3 N–H and O–H groups in total. The van der Waals surface area contributed by atoms with Gasteiger partial charge in [0.1, 0.15) is 4.88 Å². The van der Waals surface area contributed by atoms with E-state index in [2.05, 4.69) is 20.3 Å². The molecule has 0 aliphatic heterocycles. The molecule has 0 unspecified atom stereocenters. The molecule has 22 heavy (non-hydrogen) atoms. The van der Waals surface area contributed by atoms with E-state index in [1.54, 1.807) is 25.4 Å². The van der Waals surface area contributed by atoms with E-state index in [1.165, 1.54) is 0 Å². The van der Waals surface area contributed by atoms with E-state index in [0.717, 1.165) is 11.3 Å². The molecule has 1 amide bonds. The molecule has 2 heterocycles. The maximum Gasteiger partial charge on any atom is 0.277 e. The summed E-state index contributed by atoms with van der Waals surface area (Å²) >= 11 is 1.05. The Hall–Kier alpha value is -1.71. The number of aromatic nitrogens is 3. The Bertz CT molecular complexity index is 638. The van der Waals surface area contributed by atoms with Crippen LogP contribution in [0.4, 0.5) is 8.78 Å². The predicted octanol–water partition coefficient (Wildman–Crippen LogP) is 1.65. The molecular weight excluding hydrogens is 336 g/mol. The summed E-state index contributed by atoms with van der Waals surface area (Å²) < 4.78 is 26.1. The van der Waals surface area contributed by atoms with Crippen LogP contribution in [-0.2, 0) is 0 Å². The predicted molar refractivity (Wildman–Crippen MR) is 81.5 cm³/mol. The fraction of sp³-hybridized carbons (Fsp3) is 0.333. The first kappa shape index (κ1) is 18.3. The van der Waals surface area contributed by atoms with Gasteiger partial charge in [-0.2, -0.15) is 0 Å². The number of amides is 1. The summed E-state index contributed by atoms with van der Waals surface area (Å²) in [4.78, 5) is 24.4. The molecule has 2 rings (SSSR count). The monoisotopic (exact) mass is 349 g/mol. The second-order valence-electron chi connectivity index (χ2n) is 4.25. The summed E-state index contributed by atoms with van der Waals surface area (Å²) in [5.41, 5.74) is 5.35. The topological polar surface area (TPSA) is 93.8 Å². The number of thiazole rings is 1. The van der Waals surface area contributed by atoms with Gasteiger partial charge in [0, 0.05) is 12.4 Å². The number of nitrogens with one attached hydrogen (secondary N) is 1. The standard InChI is InChI=1S/C12H13F2N5OS.ClH/c1-7-8(10(20)18-6-12(13,14)5-15)21-11(19-7)9-16-3-2-4-17-9;/h2-4H,5-6,15H2,1H3,(H,18,20);1H. The Morgan fingerprint density at radius 2 is 2.05 bits per heavy atom. The molecule has 0 aromatic carbocycles. The smallest absolute Gasteiger partial charge is 0.277 e. The number of halogens is 3. The third kappa shape index (κ3) is 4.39. The zero-order chi connectivity index (χ0) is 15.5. The van der Waals surface area contributed by atoms with Crippen molar-refractivity contribution in [3.63, 3.8) is 0 Å². The average Bonchev–Trinajstić information content (AvgIpc) is 2.88. The lowest BCUT2D eigenvalue weighted by Gasteiger charge is -2.13. The number of nitrogens with two attached hydrogens (primary N) is 1. The van der Waals surface area contributed by atoms with E-state index < -0.39 is 24.9 Å². The molecule has 0 spiro atoms. The Labute approximate surface area is 135 Å². The van der Waals surface area contributed by atoms with Gasteiger partial charge in [-0.1, -0.05) is 0 Å². The van der Waals surface area contributed by atoms with Crippen LogP contribution >= 0.6 is 23.7 Å². The Kier molecular flexibility index (Phi) is 6.27. The van der Waals surface area contributed by atoms with Crippen molar-refractivity contribution in [2.24, 2.45) is 5.73 Å². The van der Waals surface area contributed by atoms with E-state index in [4.69, 9.17) is 5.73 Å². The third-order valence-electron chi connectivity index (χ3n) is 2.57. The molecule has 120 valence electrons. The number of alkyl halides is 2. The summed E-state index contributed by atoms with van der Waals surface area (Å²) in [6.45, 7) is -0.00612. The van der Waals surface area contributed by atoms with Gasteiger partial charge in [0.2, 0.25) is 0 Å². The van der Waals surface area contributed by atoms with Crippen LogP contribution in [0.5, 0.6) is 0 Å². The van der Waals surface area contributed by atoms with Gasteiger partial charge in [0.05, 0.1) is 18.8 Å². The number of aryl methyl sites for hydroxylation is 1. The molecule has 0 aliphatic rings. The lowest BCUT2D eigenvalue weighted by molar-refractivity contribution is 0.0119.